The first-order valence-corrected chi connectivity index (χ1v) is 5.84. The molecular formula is C12H18N4O. The van der Waals surface area contributed by atoms with Crippen LogP contribution in [0, 0.1) is 5.92 Å². The third-order valence-electron chi connectivity index (χ3n) is 3.10. The average Bonchev–Trinajstić information content (AvgIpc) is 2.80. The predicted octanol–water partition coefficient (Wildman–Crippen LogP) is 0.113. The van der Waals surface area contributed by atoms with Crippen LogP contribution >= 0.6 is 0 Å². The molecule has 1 aliphatic rings. The standard InChI is InChI=1S/C12H18N4O/c1-14-6-9-2-3-11(15-7-9)16-5-4-10(8-16)12(13)17/h2-3,7,10,14H,4-6,8H2,1H3,(H2,13,17). The smallest absolute Gasteiger partial charge is 0.222 e. The summed E-state index contributed by atoms with van der Waals surface area (Å²) in [5, 5.41) is 3.08. The molecule has 92 valence electrons. The quantitative estimate of drug-likeness (QED) is 0.776. The van der Waals surface area contributed by atoms with Crippen molar-refractivity contribution in [2.45, 2.75) is 13.0 Å². The van der Waals surface area contributed by atoms with Crippen molar-refractivity contribution >= 4 is 11.7 Å². The maximum Gasteiger partial charge on any atom is 0.222 e. The summed E-state index contributed by atoms with van der Waals surface area (Å²) in [6.07, 6.45) is 2.69. The Kier molecular flexibility index (Phi) is 3.58. The topological polar surface area (TPSA) is 71.2 Å². The van der Waals surface area contributed by atoms with E-state index in [1.165, 1.54) is 0 Å². The second-order valence-corrected chi connectivity index (χ2v) is 4.39. The van der Waals surface area contributed by atoms with E-state index in [4.69, 9.17) is 5.73 Å². The normalized spacial score (nSPS) is 19.6. The summed E-state index contributed by atoms with van der Waals surface area (Å²) in [6.45, 7) is 2.36. The zero-order valence-electron chi connectivity index (χ0n) is 10.0. The summed E-state index contributed by atoms with van der Waals surface area (Å²) in [7, 11) is 1.91. The Bertz CT molecular complexity index is 390. The van der Waals surface area contributed by atoms with E-state index in [1.54, 1.807) is 0 Å². The van der Waals surface area contributed by atoms with Crippen molar-refractivity contribution in [3.8, 4) is 0 Å². The van der Waals surface area contributed by atoms with Crippen molar-refractivity contribution in [2.24, 2.45) is 11.7 Å². The van der Waals surface area contributed by atoms with E-state index < -0.39 is 0 Å². The lowest BCUT2D eigenvalue weighted by atomic mass is 10.1. The van der Waals surface area contributed by atoms with Crippen LogP contribution < -0.4 is 16.0 Å². The maximum atomic E-state index is 11.1. The number of hydrogen-bond donors (Lipinski definition) is 2. The Morgan fingerprint density at radius 1 is 1.65 bits per heavy atom. The number of carbonyl (C=O) groups is 1. The lowest BCUT2D eigenvalue weighted by Crippen LogP contribution is -2.27. The number of nitrogens with zero attached hydrogens (tertiary/aromatic N) is 2. The minimum absolute atomic E-state index is 0.0335. The average molecular weight is 234 g/mol. The molecule has 1 amide bonds. The molecule has 0 saturated carbocycles. The van der Waals surface area contributed by atoms with E-state index in [2.05, 4.69) is 21.3 Å². The molecule has 3 N–H and O–H groups in total. The van der Waals surface area contributed by atoms with Crippen molar-refractivity contribution in [3.05, 3.63) is 23.9 Å². The highest BCUT2D eigenvalue weighted by atomic mass is 16.1. The first kappa shape index (κ1) is 11.9. The Balaban J connectivity index is 2.01. The van der Waals surface area contributed by atoms with Gasteiger partial charge < -0.3 is 16.0 Å². The third kappa shape index (κ3) is 2.74. The number of amides is 1. The fraction of sp³-hybridized carbons (Fsp3) is 0.500. The minimum Gasteiger partial charge on any atom is -0.369 e. The summed E-state index contributed by atoms with van der Waals surface area (Å²) < 4.78 is 0. The van der Waals surface area contributed by atoms with Gasteiger partial charge in [0.2, 0.25) is 5.91 Å². The van der Waals surface area contributed by atoms with Crippen LogP contribution in [0.15, 0.2) is 18.3 Å². The van der Waals surface area contributed by atoms with Gasteiger partial charge in [0.05, 0.1) is 5.92 Å². The number of pyridine rings is 1. The SMILES string of the molecule is CNCc1ccc(N2CCC(C(N)=O)C2)nc1. The number of primary amides is 1. The maximum absolute atomic E-state index is 11.1. The highest BCUT2D eigenvalue weighted by Crippen LogP contribution is 2.21. The second kappa shape index (κ2) is 5.14. The van der Waals surface area contributed by atoms with Gasteiger partial charge in [-0.2, -0.15) is 0 Å². The number of nitrogens with one attached hydrogen (secondary N) is 1. The van der Waals surface area contributed by atoms with Gasteiger partial charge in [-0.05, 0) is 25.1 Å². The molecule has 0 aliphatic carbocycles. The molecule has 1 aliphatic heterocycles. The van der Waals surface area contributed by atoms with E-state index in [-0.39, 0.29) is 11.8 Å². The van der Waals surface area contributed by atoms with Crippen LogP contribution in [0.3, 0.4) is 0 Å². The molecule has 1 saturated heterocycles. The van der Waals surface area contributed by atoms with Gasteiger partial charge >= 0.3 is 0 Å². The molecule has 5 nitrogen and oxygen atoms in total. The van der Waals surface area contributed by atoms with Crippen LogP contribution in [0.5, 0.6) is 0 Å². The lowest BCUT2D eigenvalue weighted by Gasteiger charge is -2.17. The van der Waals surface area contributed by atoms with Crippen molar-refractivity contribution in [2.75, 3.05) is 25.0 Å². The number of anilines is 1. The summed E-state index contributed by atoms with van der Waals surface area (Å²) in [5.41, 5.74) is 6.46. The highest BCUT2D eigenvalue weighted by Gasteiger charge is 2.27. The molecule has 17 heavy (non-hydrogen) atoms. The van der Waals surface area contributed by atoms with E-state index >= 15 is 0 Å². The molecular weight excluding hydrogens is 216 g/mol. The molecule has 1 fully saturated rings. The Hall–Kier alpha value is -1.62. The van der Waals surface area contributed by atoms with Crippen LogP contribution in [0.2, 0.25) is 0 Å². The lowest BCUT2D eigenvalue weighted by molar-refractivity contribution is -0.121. The van der Waals surface area contributed by atoms with Crippen LogP contribution in [-0.2, 0) is 11.3 Å². The molecule has 1 aromatic rings. The van der Waals surface area contributed by atoms with Gasteiger partial charge in [0.25, 0.3) is 0 Å². The Morgan fingerprint density at radius 3 is 3.00 bits per heavy atom. The van der Waals surface area contributed by atoms with Gasteiger partial charge in [-0.25, -0.2) is 4.98 Å². The first-order chi connectivity index (χ1) is 8.20. The van der Waals surface area contributed by atoms with Gasteiger partial charge in [-0.1, -0.05) is 6.07 Å². The van der Waals surface area contributed by atoms with Gasteiger partial charge in [-0.15, -0.1) is 0 Å². The zero-order valence-corrected chi connectivity index (χ0v) is 10.0. The fourth-order valence-corrected chi connectivity index (χ4v) is 2.11. The second-order valence-electron chi connectivity index (χ2n) is 4.39. The number of rotatable bonds is 4. The molecule has 2 rings (SSSR count). The van der Waals surface area contributed by atoms with Crippen LogP contribution in [-0.4, -0.2) is 31.0 Å². The minimum atomic E-state index is -0.209. The number of carbonyl (C=O) groups excluding carboxylic acids is 1. The number of hydrogen-bond acceptors (Lipinski definition) is 4. The van der Waals surface area contributed by atoms with E-state index in [0.29, 0.717) is 6.54 Å². The van der Waals surface area contributed by atoms with Gasteiger partial charge in [0.15, 0.2) is 0 Å². The monoisotopic (exact) mass is 234 g/mol. The number of nitrogens with two attached hydrogens (primary N) is 1. The predicted molar refractivity (Wildman–Crippen MR) is 66.5 cm³/mol. The molecule has 0 bridgehead atoms. The van der Waals surface area contributed by atoms with Crippen LogP contribution in [0.25, 0.3) is 0 Å². The molecule has 5 heteroatoms. The summed E-state index contributed by atoms with van der Waals surface area (Å²) >= 11 is 0. The zero-order chi connectivity index (χ0) is 12.3. The Morgan fingerprint density at radius 2 is 2.47 bits per heavy atom. The van der Waals surface area contributed by atoms with Crippen LogP contribution in [0.4, 0.5) is 5.82 Å². The fourth-order valence-electron chi connectivity index (χ4n) is 2.11. The van der Waals surface area contributed by atoms with Crippen molar-refractivity contribution < 1.29 is 4.79 Å². The molecule has 1 unspecified atom stereocenters. The van der Waals surface area contributed by atoms with Crippen molar-refractivity contribution in [1.29, 1.82) is 0 Å². The third-order valence-corrected chi connectivity index (χ3v) is 3.10. The largest absolute Gasteiger partial charge is 0.369 e. The highest BCUT2D eigenvalue weighted by molar-refractivity contribution is 5.78. The Labute approximate surface area is 101 Å². The molecule has 0 spiro atoms. The summed E-state index contributed by atoms with van der Waals surface area (Å²) in [6, 6.07) is 4.05. The van der Waals surface area contributed by atoms with Gasteiger partial charge in [0.1, 0.15) is 5.82 Å². The van der Waals surface area contributed by atoms with E-state index in [1.807, 2.05) is 19.3 Å². The van der Waals surface area contributed by atoms with Crippen molar-refractivity contribution in [3.63, 3.8) is 0 Å². The number of aromatic nitrogens is 1. The summed E-state index contributed by atoms with van der Waals surface area (Å²) in [4.78, 5) is 17.6. The van der Waals surface area contributed by atoms with Gasteiger partial charge in [0, 0.05) is 25.8 Å². The van der Waals surface area contributed by atoms with E-state index in [0.717, 1.165) is 30.9 Å². The molecule has 1 aromatic heterocycles. The molecule has 0 aromatic carbocycles. The molecule has 0 radical (unpaired) electrons. The molecule has 1 atom stereocenters. The summed E-state index contributed by atoms with van der Waals surface area (Å²) in [5.74, 6) is 0.682. The van der Waals surface area contributed by atoms with Crippen LogP contribution in [0.1, 0.15) is 12.0 Å². The van der Waals surface area contributed by atoms with Gasteiger partial charge in [-0.3, -0.25) is 4.79 Å². The van der Waals surface area contributed by atoms with E-state index in [9.17, 15) is 4.79 Å². The van der Waals surface area contributed by atoms with Crippen molar-refractivity contribution in [1.82, 2.24) is 10.3 Å². The molecule has 2 heterocycles. The first-order valence-electron chi connectivity index (χ1n) is 5.84.